The van der Waals surface area contributed by atoms with E-state index in [9.17, 15) is 19.6 Å². The van der Waals surface area contributed by atoms with Crippen molar-refractivity contribution in [3.8, 4) is 11.8 Å². The van der Waals surface area contributed by atoms with Crippen LogP contribution in [-0.2, 0) is 16.1 Å². The fourth-order valence-corrected chi connectivity index (χ4v) is 6.55. The van der Waals surface area contributed by atoms with Gasteiger partial charge in [0.05, 0.1) is 19.1 Å². The molecule has 13 heteroatoms. The number of carbonyl (C=O) groups excluding carboxylic acids is 3. The van der Waals surface area contributed by atoms with Crippen molar-refractivity contribution in [1.29, 1.82) is 5.26 Å². The summed E-state index contributed by atoms with van der Waals surface area (Å²) >= 11 is 1.63. The van der Waals surface area contributed by atoms with Crippen molar-refractivity contribution in [3.05, 3.63) is 47.7 Å². The van der Waals surface area contributed by atoms with E-state index in [-0.39, 0.29) is 23.7 Å². The SMILES string of the molecule is COc1cccc2[nH]c(C(=O)N[C@@H](CC(C)C)C(=O)N[C@@H](C[C@@H]3CCNC3=O)C(C#N)CSCCNCc3cnc(C)[nH]3)cc12. The normalized spacial score (nSPS) is 16.6. The van der Waals surface area contributed by atoms with Crippen molar-refractivity contribution in [2.24, 2.45) is 17.8 Å². The fourth-order valence-electron chi connectivity index (χ4n) is 5.53. The number of nitrogens with zero attached hydrogens (tertiary/aromatic N) is 2. The zero-order chi connectivity index (χ0) is 32.3. The molecule has 0 radical (unpaired) electrons. The van der Waals surface area contributed by atoms with Crippen LogP contribution in [0.25, 0.3) is 10.9 Å². The molecule has 1 aliphatic heterocycles. The molecule has 6 N–H and O–H groups in total. The molecule has 2 aromatic heterocycles. The minimum atomic E-state index is -0.826. The molecule has 12 nitrogen and oxygen atoms in total. The topological polar surface area (TPSA) is 177 Å². The third kappa shape index (κ3) is 9.48. The summed E-state index contributed by atoms with van der Waals surface area (Å²) in [4.78, 5) is 50.1. The van der Waals surface area contributed by atoms with Crippen LogP contribution in [0.4, 0.5) is 0 Å². The van der Waals surface area contributed by atoms with Crippen molar-refractivity contribution < 1.29 is 19.1 Å². The van der Waals surface area contributed by atoms with Gasteiger partial charge in [-0.3, -0.25) is 14.4 Å². The molecule has 0 bridgehead atoms. The molecule has 4 atom stereocenters. The molecule has 242 valence electrons. The average Bonchev–Trinajstić information content (AvgIpc) is 3.75. The van der Waals surface area contributed by atoms with Crippen LogP contribution >= 0.6 is 11.8 Å². The van der Waals surface area contributed by atoms with Gasteiger partial charge in [-0.15, -0.1) is 0 Å². The van der Waals surface area contributed by atoms with Crippen LogP contribution in [0.3, 0.4) is 0 Å². The number of methoxy groups -OCH3 is 1. The van der Waals surface area contributed by atoms with E-state index in [1.54, 1.807) is 31.1 Å². The van der Waals surface area contributed by atoms with E-state index in [1.807, 2.05) is 39.0 Å². The highest BCUT2D eigenvalue weighted by Crippen LogP contribution is 2.26. The molecule has 0 saturated carbocycles. The van der Waals surface area contributed by atoms with Gasteiger partial charge in [0, 0.05) is 65.9 Å². The molecule has 0 aliphatic carbocycles. The lowest BCUT2D eigenvalue weighted by Gasteiger charge is -2.28. The van der Waals surface area contributed by atoms with Crippen LogP contribution in [0, 0.1) is 36.0 Å². The Morgan fingerprint density at radius 3 is 2.73 bits per heavy atom. The quantitative estimate of drug-likeness (QED) is 0.123. The number of fused-ring (bicyclic) bond motifs is 1. The Bertz CT molecular complexity index is 1500. The van der Waals surface area contributed by atoms with Gasteiger partial charge in [0.1, 0.15) is 23.3 Å². The Kier molecular flexibility index (Phi) is 12.3. The first-order valence-corrected chi connectivity index (χ1v) is 16.6. The average molecular weight is 637 g/mol. The number of benzene rings is 1. The number of aryl methyl sites for hydroxylation is 1. The standard InChI is InChI=1S/C32H44N8O4S/c1-19(2)12-27(40-32(43)28-14-24-25(38-28)6-5-7-29(24)44-4)31(42)39-26(13-21-8-9-35-30(21)41)22(15-33)18-45-11-10-34-16-23-17-36-20(3)37-23/h5-7,14,17,19,21-22,26-27,34,38H,8-13,16,18H2,1-4H3,(H,35,41)(H,36,37)(H,39,42)(H,40,43)/t21-,22?,26-,27-/m0/s1. The molecule has 1 aliphatic rings. The van der Waals surface area contributed by atoms with Crippen molar-refractivity contribution in [2.45, 2.75) is 58.7 Å². The molecule has 1 aromatic carbocycles. The third-order valence-electron chi connectivity index (χ3n) is 7.89. The second-order valence-electron chi connectivity index (χ2n) is 11.9. The van der Waals surface area contributed by atoms with E-state index in [0.717, 1.165) is 34.7 Å². The van der Waals surface area contributed by atoms with Gasteiger partial charge in [-0.05, 0) is 50.3 Å². The lowest BCUT2D eigenvalue weighted by atomic mass is 9.90. The molecular formula is C32H44N8O4S. The Morgan fingerprint density at radius 2 is 2.07 bits per heavy atom. The molecule has 1 unspecified atom stereocenters. The molecule has 4 rings (SSSR count). The number of thioether (sulfide) groups is 1. The largest absolute Gasteiger partial charge is 0.496 e. The lowest BCUT2D eigenvalue weighted by Crippen LogP contribution is -2.52. The zero-order valence-corrected chi connectivity index (χ0v) is 27.2. The Balaban J connectivity index is 1.41. The van der Waals surface area contributed by atoms with E-state index in [1.165, 1.54) is 0 Å². The third-order valence-corrected chi connectivity index (χ3v) is 8.98. The molecule has 3 heterocycles. The molecule has 3 amide bonds. The maximum Gasteiger partial charge on any atom is 0.268 e. The predicted octanol–water partition coefficient (Wildman–Crippen LogP) is 3.03. The van der Waals surface area contributed by atoms with Gasteiger partial charge in [0.15, 0.2) is 0 Å². The Morgan fingerprint density at radius 1 is 1.24 bits per heavy atom. The van der Waals surface area contributed by atoms with Gasteiger partial charge in [-0.25, -0.2) is 4.98 Å². The molecule has 1 saturated heterocycles. The highest BCUT2D eigenvalue weighted by Gasteiger charge is 2.34. The molecular weight excluding hydrogens is 592 g/mol. The summed E-state index contributed by atoms with van der Waals surface area (Å²) in [6.45, 7) is 7.87. The molecule has 0 spiro atoms. The summed E-state index contributed by atoms with van der Waals surface area (Å²) < 4.78 is 5.42. The number of aromatic amines is 2. The van der Waals surface area contributed by atoms with Crippen LogP contribution in [0.5, 0.6) is 5.75 Å². The highest BCUT2D eigenvalue weighted by atomic mass is 32.2. The fraction of sp³-hybridized carbons (Fsp3) is 0.531. The lowest BCUT2D eigenvalue weighted by molar-refractivity contribution is -0.126. The van der Waals surface area contributed by atoms with Gasteiger partial charge in [0.2, 0.25) is 11.8 Å². The van der Waals surface area contributed by atoms with Crippen LogP contribution in [-0.4, -0.2) is 76.5 Å². The molecule has 45 heavy (non-hydrogen) atoms. The molecule has 1 fully saturated rings. The zero-order valence-electron chi connectivity index (χ0n) is 26.4. The van der Waals surface area contributed by atoms with E-state index < -0.39 is 23.9 Å². The van der Waals surface area contributed by atoms with Crippen molar-refractivity contribution in [1.82, 2.24) is 36.2 Å². The number of carbonyl (C=O) groups is 3. The first-order valence-electron chi connectivity index (χ1n) is 15.4. The van der Waals surface area contributed by atoms with Crippen LogP contribution in [0.2, 0.25) is 0 Å². The number of aromatic nitrogens is 3. The van der Waals surface area contributed by atoms with Gasteiger partial charge in [-0.1, -0.05) is 19.9 Å². The second kappa shape index (κ2) is 16.3. The first-order chi connectivity index (χ1) is 21.7. The number of rotatable bonds is 17. The van der Waals surface area contributed by atoms with Gasteiger partial charge < -0.3 is 36.0 Å². The minimum Gasteiger partial charge on any atom is -0.496 e. The number of H-pyrrole nitrogens is 2. The van der Waals surface area contributed by atoms with Gasteiger partial charge in [-0.2, -0.15) is 17.0 Å². The number of ether oxygens (including phenoxy) is 1. The Hall–Kier alpha value is -4.02. The highest BCUT2D eigenvalue weighted by molar-refractivity contribution is 7.99. The van der Waals surface area contributed by atoms with Gasteiger partial charge >= 0.3 is 0 Å². The summed E-state index contributed by atoms with van der Waals surface area (Å²) in [7, 11) is 1.57. The number of hydrogen-bond donors (Lipinski definition) is 6. The van der Waals surface area contributed by atoms with Crippen LogP contribution < -0.4 is 26.0 Å². The van der Waals surface area contributed by atoms with Crippen LogP contribution in [0.1, 0.15) is 55.1 Å². The minimum absolute atomic E-state index is 0.0573. The van der Waals surface area contributed by atoms with Crippen molar-refractivity contribution in [2.75, 3.05) is 31.7 Å². The van der Waals surface area contributed by atoms with E-state index in [2.05, 4.69) is 42.3 Å². The van der Waals surface area contributed by atoms with Gasteiger partial charge in [0.25, 0.3) is 5.91 Å². The first kappa shape index (κ1) is 33.9. The second-order valence-corrected chi connectivity index (χ2v) is 13.0. The van der Waals surface area contributed by atoms with Crippen molar-refractivity contribution >= 4 is 40.4 Å². The van der Waals surface area contributed by atoms with Crippen molar-refractivity contribution in [3.63, 3.8) is 0 Å². The van der Waals surface area contributed by atoms with Crippen LogP contribution in [0.15, 0.2) is 30.5 Å². The predicted molar refractivity (Wildman–Crippen MR) is 175 cm³/mol. The number of hydrogen-bond acceptors (Lipinski definition) is 8. The number of amides is 3. The summed E-state index contributed by atoms with van der Waals surface area (Å²) in [6.07, 6.45) is 3.23. The summed E-state index contributed by atoms with van der Waals surface area (Å²) in [6, 6.07) is 8.23. The van der Waals surface area contributed by atoms with E-state index in [0.29, 0.717) is 49.5 Å². The number of nitriles is 1. The maximum absolute atomic E-state index is 13.8. The molecule has 3 aromatic rings. The Labute approximate surface area is 268 Å². The monoisotopic (exact) mass is 636 g/mol. The summed E-state index contributed by atoms with van der Waals surface area (Å²) in [5.41, 5.74) is 2.08. The summed E-state index contributed by atoms with van der Waals surface area (Å²) in [5.74, 6) is 1.27. The summed E-state index contributed by atoms with van der Waals surface area (Å²) in [5, 5.41) is 23.1. The number of nitrogens with one attached hydrogen (secondary N) is 6. The smallest absolute Gasteiger partial charge is 0.268 e. The maximum atomic E-state index is 13.8. The van der Waals surface area contributed by atoms with E-state index in [4.69, 9.17) is 4.74 Å². The van der Waals surface area contributed by atoms with E-state index >= 15 is 0 Å². The number of imidazole rings is 1.